The number of hydrogen-bond acceptors (Lipinski definition) is 0. The topological polar surface area (TPSA) is 0 Å². The zero-order valence-electron chi connectivity index (χ0n) is 11.5. The lowest BCUT2D eigenvalue weighted by atomic mass is 9.94. The third-order valence-corrected chi connectivity index (χ3v) is 4.50. The molecule has 0 amide bonds. The highest BCUT2D eigenvalue weighted by Gasteiger charge is 2.20. The zero-order chi connectivity index (χ0) is 13.8. The number of benzene rings is 4. The maximum atomic E-state index is 2.29. The first kappa shape index (κ1) is 11.1. The van der Waals surface area contributed by atoms with Gasteiger partial charge in [-0.2, -0.15) is 0 Å². The lowest BCUT2D eigenvalue weighted by Crippen LogP contribution is -1.83. The number of rotatable bonds is 0. The van der Waals surface area contributed by atoms with Gasteiger partial charge in [0.25, 0.3) is 0 Å². The van der Waals surface area contributed by atoms with Gasteiger partial charge in [0.1, 0.15) is 0 Å². The lowest BCUT2D eigenvalue weighted by molar-refractivity contribution is 1.55. The van der Waals surface area contributed by atoms with E-state index in [9.17, 15) is 0 Å². The fourth-order valence-electron chi connectivity index (χ4n) is 3.54. The monoisotopic (exact) mass is 265 g/mol. The van der Waals surface area contributed by atoms with Crippen LogP contribution in [0.15, 0.2) is 72.8 Å². The Bertz CT molecular complexity index is 1010. The highest BCUT2D eigenvalue weighted by Crippen LogP contribution is 2.43. The van der Waals surface area contributed by atoms with Crippen molar-refractivity contribution in [1.29, 1.82) is 0 Å². The first-order chi connectivity index (χ1) is 10.4. The van der Waals surface area contributed by atoms with Crippen molar-refractivity contribution in [3.05, 3.63) is 90.3 Å². The molecule has 0 N–H and O–H groups in total. The Morgan fingerprint density at radius 3 is 2.29 bits per heavy atom. The maximum Gasteiger partial charge on any atom is 0.0212 e. The summed E-state index contributed by atoms with van der Waals surface area (Å²) in [5.74, 6) is 0. The number of fused-ring (bicyclic) bond motifs is 7. The van der Waals surface area contributed by atoms with Gasteiger partial charge in [-0.15, -0.1) is 0 Å². The average Bonchev–Trinajstić information content (AvgIpc) is 2.93. The van der Waals surface area contributed by atoms with Crippen LogP contribution in [0.2, 0.25) is 0 Å². The molecule has 97 valence electrons. The zero-order valence-corrected chi connectivity index (χ0v) is 11.5. The van der Waals surface area contributed by atoms with E-state index in [4.69, 9.17) is 0 Å². The molecule has 0 unspecified atom stereocenters. The summed E-state index contributed by atoms with van der Waals surface area (Å²) in [6.07, 6.45) is 2.29. The normalized spacial score (nSPS) is 12.6. The van der Waals surface area contributed by atoms with E-state index in [0.29, 0.717) is 0 Å². The Morgan fingerprint density at radius 1 is 0.476 bits per heavy atom. The van der Waals surface area contributed by atoms with E-state index in [2.05, 4.69) is 79.2 Å². The molecule has 4 aromatic carbocycles. The van der Waals surface area contributed by atoms with Crippen LogP contribution in [-0.4, -0.2) is 0 Å². The Morgan fingerprint density at radius 2 is 1.29 bits per heavy atom. The maximum absolute atomic E-state index is 2.29. The molecule has 0 spiro atoms. The molecule has 5 rings (SSSR count). The van der Waals surface area contributed by atoms with Gasteiger partial charge < -0.3 is 0 Å². The van der Waals surface area contributed by atoms with Crippen molar-refractivity contribution in [2.75, 3.05) is 0 Å². The molecule has 0 aromatic heterocycles. The Hall–Kier alpha value is -2.60. The summed E-state index contributed by atoms with van der Waals surface area (Å²) in [6, 6.07) is 26.3. The predicted molar refractivity (Wildman–Crippen MR) is 89.4 cm³/mol. The van der Waals surface area contributed by atoms with Crippen molar-refractivity contribution in [2.24, 2.45) is 0 Å². The highest BCUT2D eigenvalue weighted by atomic mass is 14.2. The highest BCUT2D eigenvalue weighted by molar-refractivity contribution is 6.14. The van der Waals surface area contributed by atoms with Crippen LogP contribution in [0.1, 0.15) is 11.1 Å². The molecular formula is C21H13. The van der Waals surface area contributed by atoms with Crippen LogP contribution in [0.25, 0.3) is 32.7 Å². The van der Waals surface area contributed by atoms with Gasteiger partial charge in [-0.05, 0) is 43.8 Å². The largest absolute Gasteiger partial charge is 0.0619 e. The molecule has 0 bridgehead atoms. The number of hydrogen-bond donors (Lipinski definition) is 0. The van der Waals surface area contributed by atoms with E-state index in [1.54, 1.807) is 0 Å². The molecule has 21 heavy (non-hydrogen) atoms. The molecule has 1 aliphatic carbocycles. The van der Waals surface area contributed by atoms with Crippen molar-refractivity contribution >= 4 is 21.5 Å². The summed E-state index contributed by atoms with van der Waals surface area (Å²) < 4.78 is 0. The van der Waals surface area contributed by atoms with Gasteiger partial charge in [-0.1, -0.05) is 72.8 Å². The predicted octanol–water partition coefficient (Wildman–Crippen LogP) is 5.57. The lowest BCUT2D eigenvalue weighted by Gasteiger charge is -2.09. The molecule has 0 saturated heterocycles. The molecule has 1 radical (unpaired) electrons. The van der Waals surface area contributed by atoms with Crippen LogP contribution in [0, 0.1) is 6.42 Å². The van der Waals surface area contributed by atoms with Gasteiger partial charge in [-0.25, -0.2) is 0 Å². The van der Waals surface area contributed by atoms with Crippen molar-refractivity contribution in [1.82, 2.24) is 0 Å². The van der Waals surface area contributed by atoms with Gasteiger partial charge >= 0.3 is 0 Å². The summed E-state index contributed by atoms with van der Waals surface area (Å²) in [7, 11) is 0. The second kappa shape index (κ2) is 3.95. The minimum absolute atomic E-state index is 1.31. The Kier molecular flexibility index (Phi) is 2.09. The molecule has 0 nitrogen and oxygen atoms in total. The molecule has 1 aliphatic rings. The van der Waals surface area contributed by atoms with Crippen molar-refractivity contribution in [3.63, 3.8) is 0 Å². The summed E-state index contributed by atoms with van der Waals surface area (Å²) >= 11 is 0. The fraction of sp³-hybridized carbons (Fsp3) is 0. The second-order valence-corrected chi connectivity index (χ2v) is 5.64. The summed E-state index contributed by atoms with van der Waals surface area (Å²) in [6.45, 7) is 0. The average molecular weight is 265 g/mol. The summed E-state index contributed by atoms with van der Waals surface area (Å²) in [5.41, 5.74) is 5.40. The fourth-order valence-corrected chi connectivity index (χ4v) is 3.54. The van der Waals surface area contributed by atoms with Crippen LogP contribution < -0.4 is 0 Å². The SMILES string of the molecule is [CH]1c2ccccc2-c2c1ccc1c2ccc2ccccc21. The quantitative estimate of drug-likeness (QED) is 0.321. The van der Waals surface area contributed by atoms with Crippen LogP contribution in [0.4, 0.5) is 0 Å². The van der Waals surface area contributed by atoms with E-state index in [1.165, 1.54) is 43.8 Å². The van der Waals surface area contributed by atoms with Crippen LogP contribution in [0.3, 0.4) is 0 Å². The van der Waals surface area contributed by atoms with E-state index in [1.807, 2.05) is 0 Å². The molecule has 0 fully saturated rings. The van der Waals surface area contributed by atoms with E-state index >= 15 is 0 Å². The molecule has 0 heterocycles. The van der Waals surface area contributed by atoms with E-state index < -0.39 is 0 Å². The van der Waals surface area contributed by atoms with Crippen molar-refractivity contribution < 1.29 is 0 Å². The standard InChI is InChI=1S/C21H13/c1-3-7-17-14(5-1)9-12-20-19(17)11-10-16-13-15-6-2-4-8-18(15)21(16)20/h1-13H. The molecule has 0 heteroatoms. The Labute approximate surface area is 123 Å². The first-order valence-corrected chi connectivity index (χ1v) is 7.30. The van der Waals surface area contributed by atoms with Crippen molar-refractivity contribution in [2.45, 2.75) is 0 Å². The van der Waals surface area contributed by atoms with Crippen LogP contribution in [-0.2, 0) is 0 Å². The summed E-state index contributed by atoms with van der Waals surface area (Å²) in [5, 5.41) is 5.34. The molecular weight excluding hydrogens is 252 g/mol. The van der Waals surface area contributed by atoms with Gasteiger partial charge in [0.05, 0.1) is 0 Å². The van der Waals surface area contributed by atoms with E-state index in [-0.39, 0.29) is 0 Å². The molecule has 4 aromatic rings. The third-order valence-electron chi connectivity index (χ3n) is 4.50. The minimum Gasteiger partial charge on any atom is -0.0619 e. The minimum atomic E-state index is 1.31. The molecule has 0 aliphatic heterocycles. The van der Waals surface area contributed by atoms with E-state index in [0.717, 1.165) is 0 Å². The summed E-state index contributed by atoms with van der Waals surface area (Å²) in [4.78, 5) is 0. The van der Waals surface area contributed by atoms with Crippen LogP contribution >= 0.6 is 0 Å². The van der Waals surface area contributed by atoms with Gasteiger partial charge in [0, 0.05) is 6.42 Å². The Balaban J connectivity index is 1.97. The smallest absolute Gasteiger partial charge is 0.0212 e. The van der Waals surface area contributed by atoms with Gasteiger partial charge in [0.15, 0.2) is 0 Å². The van der Waals surface area contributed by atoms with Gasteiger partial charge in [0.2, 0.25) is 0 Å². The third kappa shape index (κ3) is 1.45. The second-order valence-electron chi connectivity index (χ2n) is 5.64. The van der Waals surface area contributed by atoms with Crippen LogP contribution in [0.5, 0.6) is 0 Å². The van der Waals surface area contributed by atoms with Crippen molar-refractivity contribution in [3.8, 4) is 11.1 Å². The first-order valence-electron chi connectivity index (χ1n) is 7.30. The molecule has 0 saturated carbocycles. The molecule has 0 atom stereocenters. The van der Waals surface area contributed by atoms with Gasteiger partial charge in [-0.3, -0.25) is 0 Å².